The lowest BCUT2D eigenvalue weighted by Crippen LogP contribution is -2.41. The van der Waals surface area contributed by atoms with Crippen molar-refractivity contribution in [1.29, 1.82) is 0 Å². The van der Waals surface area contributed by atoms with Crippen LogP contribution in [-0.2, 0) is 10.0 Å². The van der Waals surface area contributed by atoms with Gasteiger partial charge in [0.05, 0.1) is 22.8 Å². The standard InChI is InChI=1S/C17H17N7O3S2/c25-17(14-6-18-22-19-14)23-7-10-11(8-23)16-4-3-15(10)24(16)29(26,27)9-1-2-12-13(5-9)21-28-20-12/h1-2,5-6,10-11,15-16H,3-4,7-8H2,(H,18,19,22)/t10-,11+,15+,16-. The zero-order valence-electron chi connectivity index (χ0n) is 15.2. The molecule has 1 N–H and O–H groups in total. The Morgan fingerprint density at radius 2 is 1.83 bits per heavy atom. The summed E-state index contributed by atoms with van der Waals surface area (Å²) in [5.41, 5.74) is 1.61. The third-order valence-corrected chi connectivity index (χ3v) is 9.04. The highest BCUT2D eigenvalue weighted by molar-refractivity contribution is 7.89. The van der Waals surface area contributed by atoms with E-state index in [1.165, 1.54) is 6.20 Å². The first-order valence-electron chi connectivity index (χ1n) is 9.45. The number of hydrogen-bond donors (Lipinski definition) is 1. The number of sulfonamides is 1. The van der Waals surface area contributed by atoms with Crippen LogP contribution in [0.3, 0.4) is 0 Å². The second kappa shape index (κ2) is 6.03. The number of rotatable bonds is 3. The average molecular weight is 432 g/mol. The van der Waals surface area contributed by atoms with Gasteiger partial charge in [0.25, 0.3) is 5.91 Å². The highest BCUT2D eigenvalue weighted by Gasteiger charge is 2.60. The van der Waals surface area contributed by atoms with Crippen molar-refractivity contribution in [3.63, 3.8) is 0 Å². The number of amides is 1. The van der Waals surface area contributed by atoms with E-state index in [4.69, 9.17) is 0 Å². The second-order valence-electron chi connectivity index (χ2n) is 7.85. The summed E-state index contributed by atoms with van der Waals surface area (Å²) in [6.45, 7) is 1.11. The maximum atomic E-state index is 13.5. The fourth-order valence-electron chi connectivity index (χ4n) is 5.35. The lowest BCUT2D eigenvalue weighted by Gasteiger charge is -2.26. The Balaban J connectivity index is 1.29. The van der Waals surface area contributed by atoms with E-state index in [1.807, 2.05) is 0 Å². The number of hydrogen-bond acceptors (Lipinski definition) is 8. The van der Waals surface area contributed by atoms with Gasteiger partial charge in [-0.2, -0.15) is 28.5 Å². The van der Waals surface area contributed by atoms with Crippen LogP contribution < -0.4 is 0 Å². The largest absolute Gasteiger partial charge is 0.336 e. The SMILES string of the molecule is O=C(c1cn[nH]n1)N1C[C@@H]2[C@H](C1)[C@H]1CC[C@@H]2N1S(=O)(=O)c1ccc2nsnc2c1. The Kier molecular flexibility index (Phi) is 3.62. The van der Waals surface area contributed by atoms with Gasteiger partial charge in [0.1, 0.15) is 11.0 Å². The fraction of sp³-hybridized carbons (Fsp3) is 0.471. The van der Waals surface area contributed by atoms with E-state index in [9.17, 15) is 13.2 Å². The molecule has 3 fully saturated rings. The molecule has 0 unspecified atom stereocenters. The molecule has 3 aromatic rings. The first-order chi connectivity index (χ1) is 14.0. The minimum absolute atomic E-state index is 0.0747. The first-order valence-corrected chi connectivity index (χ1v) is 11.6. The zero-order valence-corrected chi connectivity index (χ0v) is 16.8. The lowest BCUT2D eigenvalue weighted by molar-refractivity contribution is 0.0767. The fourth-order valence-corrected chi connectivity index (χ4v) is 7.85. The Hall–Kier alpha value is -2.44. The van der Waals surface area contributed by atoms with Crippen LogP contribution in [0.15, 0.2) is 29.3 Å². The molecule has 3 aliphatic heterocycles. The van der Waals surface area contributed by atoms with Gasteiger partial charge < -0.3 is 4.90 Å². The highest BCUT2D eigenvalue weighted by Crippen LogP contribution is 2.51. The van der Waals surface area contributed by atoms with Crippen LogP contribution in [0.2, 0.25) is 0 Å². The summed E-state index contributed by atoms with van der Waals surface area (Å²) < 4.78 is 37.0. The van der Waals surface area contributed by atoms with Crippen LogP contribution in [0.5, 0.6) is 0 Å². The van der Waals surface area contributed by atoms with Gasteiger partial charge in [-0.25, -0.2) is 8.42 Å². The summed E-state index contributed by atoms with van der Waals surface area (Å²) in [5.74, 6) is 0.163. The van der Waals surface area contributed by atoms with E-state index in [2.05, 4.69) is 24.2 Å². The zero-order chi connectivity index (χ0) is 19.8. The van der Waals surface area contributed by atoms with E-state index in [0.29, 0.717) is 29.8 Å². The Morgan fingerprint density at radius 1 is 1.10 bits per heavy atom. The molecule has 29 heavy (non-hydrogen) atoms. The predicted molar refractivity (Wildman–Crippen MR) is 103 cm³/mol. The molecule has 0 saturated carbocycles. The van der Waals surface area contributed by atoms with Crippen LogP contribution in [0, 0.1) is 11.8 Å². The average Bonchev–Trinajstić information content (AvgIpc) is 3.53. The molecule has 12 heteroatoms. The van der Waals surface area contributed by atoms with Crippen molar-refractivity contribution in [2.45, 2.75) is 29.8 Å². The minimum Gasteiger partial charge on any atom is -0.336 e. The number of aromatic nitrogens is 5. The topological polar surface area (TPSA) is 125 Å². The Bertz CT molecular complexity index is 1190. The minimum atomic E-state index is -3.63. The van der Waals surface area contributed by atoms with E-state index in [-0.39, 0.29) is 34.7 Å². The number of carbonyl (C=O) groups excluding carboxylic acids is 1. The van der Waals surface area contributed by atoms with Crippen molar-refractivity contribution < 1.29 is 13.2 Å². The monoisotopic (exact) mass is 431 g/mol. The lowest BCUT2D eigenvalue weighted by atomic mass is 9.82. The summed E-state index contributed by atoms with van der Waals surface area (Å²) in [7, 11) is -3.63. The van der Waals surface area contributed by atoms with Crippen LogP contribution in [0.1, 0.15) is 23.3 Å². The van der Waals surface area contributed by atoms with Crippen molar-refractivity contribution in [2.24, 2.45) is 11.8 Å². The molecule has 2 aromatic heterocycles. The molecule has 6 rings (SSSR count). The molecule has 2 bridgehead atoms. The van der Waals surface area contributed by atoms with Gasteiger partial charge >= 0.3 is 0 Å². The van der Waals surface area contributed by atoms with Gasteiger partial charge in [0.2, 0.25) is 10.0 Å². The van der Waals surface area contributed by atoms with Crippen molar-refractivity contribution in [3.8, 4) is 0 Å². The molecule has 3 saturated heterocycles. The predicted octanol–water partition coefficient (Wildman–Crippen LogP) is 0.733. The number of nitrogens with one attached hydrogen (secondary N) is 1. The quantitative estimate of drug-likeness (QED) is 0.648. The number of nitrogens with zero attached hydrogens (tertiary/aromatic N) is 6. The molecule has 0 aliphatic carbocycles. The smallest absolute Gasteiger partial charge is 0.276 e. The summed E-state index contributed by atoms with van der Waals surface area (Å²) in [6.07, 6.45) is 3.08. The summed E-state index contributed by atoms with van der Waals surface area (Å²) in [4.78, 5) is 14.7. The molecule has 1 amide bonds. The van der Waals surface area contributed by atoms with E-state index >= 15 is 0 Å². The maximum Gasteiger partial charge on any atom is 0.276 e. The van der Waals surface area contributed by atoms with E-state index < -0.39 is 10.0 Å². The van der Waals surface area contributed by atoms with Crippen molar-refractivity contribution in [1.82, 2.24) is 33.4 Å². The normalized spacial score (nSPS) is 29.0. The van der Waals surface area contributed by atoms with Crippen molar-refractivity contribution in [2.75, 3.05) is 13.1 Å². The van der Waals surface area contributed by atoms with Crippen LogP contribution >= 0.6 is 11.7 Å². The van der Waals surface area contributed by atoms with E-state index in [1.54, 1.807) is 27.4 Å². The Morgan fingerprint density at radius 3 is 2.52 bits per heavy atom. The number of benzene rings is 1. The molecule has 1 aromatic carbocycles. The number of fused-ring (bicyclic) bond motifs is 6. The highest BCUT2D eigenvalue weighted by atomic mass is 32.2. The van der Waals surface area contributed by atoms with Gasteiger partial charge in [-0.15, -0.1) is 0 Å². The number of likely N-dealkylation sites (tertiary alicyclic amines) is 1. The molecular formula is C17H17N7O3S2. The van der Waals surface area contributed by atoms with Crippen LogP contribution in [0.4, 0.5) is 0 Å². The third-order valence-electron chi connectivity index (χ3n) is 6.53. The molecular weight excluding hydrogens is 414 g/mol. The third kappa shape index (κ3) is 2.42. The molecule has 150 valence electrons. The van der Waals surface area contributed by atoms with Gasteiger partial charge in [0, 0.05) is 25.2 Å². The van der Waals surface area contributed by atoms with Crippen molar-refractivity contribution in [3.05, 3.63) is 30.1 Å². The van der Waals surface area contributed by atoms with Crippen molar-refractivity contribution >= 4 is 38.7 Å². The number of carbonyl (C=O) groups is 1. The molecule has 5 heterocycles. The molecule has 0 radical (unpaired) electrons. The summed E-state index contributed by atoms with van der Waals surface area (Å²) in [5, 5.41) is 10.0. The molecule has 4 atom stereocenters. The molecule has 3 aliphatic rings. The summed E-state index contributed by atoms with van der Waals surface area (Å²) >= 11 is 1.08. The molecule has 0 spiro atoms. The molecule has 10 nitrogen and oxygen atoms in total. The number of H-pyrrole nitrogens is 1. The Labute approximate surface area is 170 Å². The van der Waals surface area contributed by atoms with Gasteiger partial charge in [-0.1, -0.05) is 0 Å². The first kappa shape index (κ1) is 17.4. The summed E-state index contributed by atoms with van der Waals surface area (Å²) in [6, 6.07) is 4.79. The van der Waals surface area contributed by atoms with E-state index in [0.717, 1.165) is 24.6 Å². The second-order valence-corrected chi connectivity index (χ2v) is 10.2. The van der Waals surface area contributed by atoms with Gasteiger partial charge in [-0.3, -0.25) is 4.79 Å². The van der Waals surface area contributed by atoms with Crippen LogP contribution in [0.25, 0.3) is 11.0 Å². The van der Waals surface area contributed by atoms with Crippen LogP contribution in [-0.4, -0.2) is 72.9 Å². The van der Waals surface area contributed by atoms with Gasteiger partial charge in [0.15, 0.2) is 5.69 Å². The maximum absolute atomic E-state index is 13.5. The van der Waals surface area contributed by atoms with Gasteiger partial charge in [-0.05, 0) is 42.9 Å². The number of aromatic amines is 1.